The Morgan fingerprint density at radius 3 is 2.95 bits per heavy atom. The van der Waals surface area contributed by atoms with Gasteiger partial charge >= 0.3 is 4.87 Å². The average molecular weight is 294 g/mol. The van der Waals surface area contributed by atoms with E-state index in [1.807, 2.05) is 26.0 Å². The first-order chi connectivity index (χ1) is 9.56. The highest BCUT2D eigenvalue weighted by Crippen LogP contribution is 2.06. The van der Waals surface area contributed by atoms with Crippen LogP contribution in [0.5, 0.6) is 0 Å². The number of nitrogens with one attached hydrogen (secondary N) is 1. The van der Waals surface area contributed by atoms with Gasteiger partial charge in [0.25, 0.3) is 0 Å². The van der Waals surface area contributed by atoms with E-state index >= 15 is 0 Å². The molecule has 0 saturated carbocycles. The summed E-state index contributed by atoms with van der Waals surface area (Å²) in [5.74, 6) is 0.775. The minimum Gasteiger partial charge on any atom is -0.469 e. The van der Waals surface area contributed by atoms with Gasteiger partial charge in [0.1, 0.15) is 12.3 Å². The van der Waals surface area contributed by atoms with E-state index in [2.05, 4.69) is 5.32 Å². The predicted molar refractivity (Wildman–Crippen MR) is 77.9 cm³/mol. The number of nitrogens with zero attached hydrogens (tertiary/aromatic N) is 1. The third kappa shape index (κ3) is 3.84. The van der Waals surface area contributed by atoms with Crippen LogP contribution in [-0.2, 0) is 17.8 Å². The molecule has 0 spiro atoms. The zero-order valence-electron chi connectivity index (χ0n) is 11.6. The molecule has 0 fully saturated rings. The highest BCUT2D eigenvalue weighted by atomic mass is 32.1. The Kier molecular flexibility index (Phi) is 4.79. The molecule has 1 N–H and O–H groups in total. The highest BCUT2D eigenvalue weighted by molar-refractivity contribution is 7.07. The molecular formula is C14H18N2O3S. The first kappa shape index (κ1) is 14.6. The zero-order chi connectivity index (χ0) is 14.5. The highest BCUT2D eigenvalue weighted by Gasteiger charge is 2.11. The summed E-state index contributed by atoms with van der Waals surface area (Å²) in [6.45, 7) is 3.86. The molecule has 0 unspecified atom stereocenters. The molecule has 108 valence electrons. The Balaban J connectivity index is 1.80. The standard InChI is InChI=1S/C14H18N2O3S/c1-10(5-6-12-4-3-7-19-12)15-13(17)8-16-11(2)9-20-14(16)18/h3-4,7,9-10H,5-6,8H2,1-2H3,(H,15,17)/t10-/m0/s1. The minimum atomic E-state index is -0.138. The number of amides is 1. The van der Waals surface area contributed by atoms with Gasteiger partial charge in [0.2, 0.25) is 5.91 Å². The van der Waals surface area contributed by atoms with Crippen molar-refractivity contribution in [3.63, 3.8) is 0 Å². The van der Waals surface area contributed by atoms with Crippen LogP contribution in [-0.4, -0.2) is 16.5 Å². The van der Waals surface area contributed by atoms with E-state index in [9.17, 15) is 9.59 Å². The lowest BCUT2D eigenvalue weighted by atomic mass is 10.1. The van der Waals surface area contributed by atoms with E-state index in [0.717, 1.165) is 35.6 Å². The van der Waals surface area contributed by atoms with Gasteiger partial charge in [-0.2, -0.15) is 0 Å². The molecule has 0 saturated heterocycles. The Morgan fingerprint density at radius 2 is 2.35 bits per heavy atom. The van der Waals surface area contributed by atoms with Crippen LogP contribution in [0.3, 0.4) is 0 Å². The van der Waals surface area contributed by atoms with E-state index in [-0.39, 0.29) is 23.4 Å². The molecule has 2 heterocycles. The van der Waals surface area contributed by atoms with Crippen molar-refractivity contribution in [3.8, 4) is 0 Å². The molecule has 0 bridgehead atoms. The van der Waals surface area contributed by atoms with Crippen LogP contribution in [0.25, 0.3) is 0 Å². The molecule has 20 heavy (non-hydrogen) atoms. The topological polar surface area (TPSA) is 64.2 Å². The summed E-state index contributed by atoms with van der Waals surface area (Å²) in [5.41, 5.74) is 0.818. The van der Waals surface area contributed by atoms with Crippen molar-refractivity contribution >= 4 is 17.2 Å². The van der Waals surface area contributed by atoms with Gasteiger partial charge in [-0.05, 0) is 32.4 Å². The van der Waals surface area contributed by atoms with E-state index in [4.69, 9.17) is 4.42 Å². The van der Waals surface area contributed by atoms with Crippen LogP contribution in [0.1, 0.15) is 24.8 Å². The second-order valence-electron chi connectivity index (χ2n) is 4.82. The van der Waals surface area contributed by atoms with Crippen LogP contribution >= 0.6 is 11.3 Å². The quantitative estimate of drug-likeness (QED) is 0.885. The lowest BCUT2D eigenvalue weighted by molar-refractivity contribution is -0.122. The SMILES string of the molecule is Cc1csc(=O)n1CC(=O)N[C@@H](C)CCc1ccco1. The van der Waals surface area contributed by atoms with Crippen molar-refractivity contribution in [2.45, 2.75) is 39.3 Å². The molecular weight excluding hydrogens is 276 g/mol. The summed E-state index contributed by atoms with van der Waals surface area (Å²) < 4.78 is 6.73. The van der Waals surface area contributed by atoms with Crippen molar-refractivity contribution in [2.75, 3.05) is 0 Å². The van der Waals surface area contributed by atoms with Gasteiger partial charge in [0, 0.05) is 23.5 Å². The monoisotopic (exact) mass is 294 g/mol. The normalized spacial score (nSPS) is 12.3. The molecule has 6 heteroatoms. The molecule has 0 aliphatic rings. The first-order valence-electron chi connectivity index (χ1n) is 6.53. The number of hydrogen-bond acceptors (Lipinski definition) is 4. The Hall–Kier alpha value is -1.82. The van der Waals surface area contributed by atoms with Crippen molar-refractivity contribution < 1.29 is 9.21 Å². The van der Waals surface area contributed by atoms with Crippen LogP contribution in [0.4, 0.5) is 0 Å². The number of furan rings is 1. The molecule has 0 radical (unpaired) electrons. The van der Waals surface area contributed by atoms with Gasteiger partial charge in [-0.25, -0.2) is 0 Å². The van der Waals surface area contributed by atoms with Gasteiger partial charge in [-0.15, -0.1) is 0 Å². The van der Waals surface area contributed by atoms with E-state index in [1.54, 1.807) is 11.6 Å². The Bertz CT molecular complexity index is 613. The predicted octanol–water partition coefficient (Wildman–Crippen LogP) is 1.95. The molecule has 0 aliphatic heterocycles. The van der Waals surface area contributed by atoms with Gasteiger partial charge < -0.3 is 9.73 Å². The number of rotatable bonds is 6. The minimum absolute atomic E-state index is 0.0437. The maximum Gasteiger partial charge on any atom is 0.307 e. The summed E-state index contributed by atoms with van der Waals surface area (Å²) in [6.07, 6.45) is 3.23. The van der Waals surface area contributed by atoms with Crippen LogP contribution < -0.4 is 10.2 Å². The Labute approximate surface area is 121 Å². The number of aryl methyl sites for hydroxylation is 2. The van der Waals surface area contributed by atoms with E-state index in [1.165, 1.54) is 4.57 Å². The molecule has 1 amide bonds. The van der Waals surface area contributed by atoms with Gasteiger partial charge in [0.15, 0.2) is 0 Å². The van der Waals surface area contributed by atoms with Crippen molar-refractivity contribution in [1.82, 2.24) is 9.88 Å². The molecule has 0 aromatic carbocycles. The van der Waals surface area contributed by atoms with Crippen LogP contribution in [0, 0.1) is 6.92 Å². The fraction of sp³-hybridized carbons (Fsp3) is 0.429. The van der Waals surface area contributed by atoms with Crippen LogP contribution in [0.15, 0.2) is 33.0 Å². The molecule has 5 nitrogen and oxygen atoms in total. The van der Waals surface area contributed by atoms with Crippen molar-refractivity contribution in [1.29, 1.82) is 0 Å². The number of hydrogen-bond donors (Lipinski definition) is 1. The summed E-state index contributed by atoms with van der Waals surface area (Å²) in [4.78, 5) is 23.3. The third-order valence-corrected chi connectivity index (χ3v) is 3.97. The lowest BCUT2D eigenvalue weighted by Gasteiger charge is -2.13. The first-order valence-corrected chi connectivity index (χ1v) is 7.41. The molecule has 2 rings (SSSR count). The fourth-order valence-corrected chi connectivity index (χ4v) is 2.68. The molecule has 2 aromatic heterocycles. The van der Waals surface area contributed by atoms with Crippen molar-refractivity contribution in [2.24, 2.45) is 0 Å². The van der Waals surface area contributed by atoms with Crippen LogP contribution in [0.2, 0.25) is 0 Å². The second-order valence-corrected chi connectivity index (χ2v) is 5.64. The fourth-order valence-electron chi connectivity index (χ4n) is 1.95. The van der Waals surface area contributed by atoms with E-state index in [0.29, 0.717) is 0 Å². The molecule has 0 aliphatic carbocycles. The van der Waals surface area contributed by atoms with Gasteiger partial charge in [-0.1, -0.05) is 11.3 Å². The maximum atomic E-state index is 11.9. The number of aromatic nitrogens is 1. The third-order valence-electron chi connectivity index (χ3n) is 3.09. The number of carbonyl (C=O) groups is 1. The largest absolute Gasteiger partial charge is 0.469 e. The zero-order valence-corrected chi connectivity index (χ0v) is 12.4. The van der Waals surface area contributed by atoms with Gasteiger partial charge in [-0.3, -0.25) is 14.2 Å². The molecule has 1 atom stereocenters. The van der Waals surface area contributed by atoms with E-state index < -0.39 is 0 Å². The Morgan fingerprint density at radius 1 is 1.55 bits per heavy atom. The number of carbonyl (C=O) groups excluding carboxylic acids is 1. The second kappa shape index (κ2) is 6.56. The average Bonchev–Trinajstić information content (AvgIpc) is 3.01. The summed E-state index contributed by atoms with van der Waals surface area (Å²) in [7, 11) is 0. The van der Waals surface area contributed by atoms with Crippen molar-refractivity contribution in [3.05, 3.63) is 44.9 Å². The van der Waals surface area contributed by atoms with Gasteiger partial charge in [0.05, 0.1) is 6.26 Å². The summed E-state index contributed by atoms with van der Waals surface area (Å²) in [5, 5.41) is 4.66. The summed E-state index contributed by atoms with van der Waals surface area (Å²) >= 11 is 1.12. The maximum absolute atomic E-state index is 11.9. The lowest BCUT2D eigenvalue weighted by Crippen LogP contribution is -2.37. The smallest absolute Gasteiger partial charge is 0.307 e. The summed E-state index contributed by atoms with van der Waals surface area (Å²) in [6, 6.07) is 3.81. The molecule has 2 aromatic rings. The number of thiazole rings is 1.